The van der Waals surface area contributed by atoms with Gasteiger partial charge in [0.15, 0.2) is 5.90 Å². The van der Waals surface area contributed by atoms with Crippen molar-refractivity contribution in [2.45, 2.75) is 18.9 Å². The molecule has 6 heteroatoms. The van der Waals surface area contributed by atoms with Crippen LogP contribution in [0.15, 0.2) is 4.51 Å². The summed E-state index contributed by atoms with van der Waals surface area (Å²) in [6.07, 6.45) is -0.466. The van der Waals surface area contributed by atoms with Crippen LogP contribution >= 0.6 is 11.8 Å². The first kappa shape index (κ1) is 12.2. The molecule has 2 N–H and O–H groups in total. The van der Waals surface area contributed by atoms with Crippen molar-refractivity contribution in [1.29, 1.82) is 5.41 Å². The van der Waals surface area contributed by atoms with Crippen molar-refractivity contribution in [2.75, 3.05) is 14.2 Å². The van der Waals surface area contributed by atoms with E-state index in [1.54, 1.807) is 0 Å². The summed E-state index contributed by atoms with van der Waals surface area (Å²) < 4.78 is 12.6. The predicted octanol–water partition coefficient (Wildman–Crippen LogP) is 0.950. The molecule has 76 valence electrons. The molecule has 0 bridgehead atoms. The SMILES string of the molecule is COC(=N)CC(O)CC(=NCl)OC. The van der Waals surface area contributed by atoms with Crippen LogP contribution in [0, 0.1) is 5.41 Å². The number of nitrogens with zero attached hydrogens (tertiary/aromatic N) is 1. The molecule has 0 aliphatic carbocycles. The number of methoxy groups -OCH3 is 2. The quantitative estimate of drug-likeness (QED) is 0.534. The van der Waals surface area contributed by atoms with Crippen molar-refractivity contribution >= 4 is 23.6 Å². The molecule has 0 aliphatic heterocycles. The van der Waals surface area contributed by atoms with E-state index in [1.165, 1.54) is 14.2 Å². The predicted molar refractivity (Wildman–Crippen MR) is 50.3 cm³/mol. The van der Waals surface area contributed by atoms with Crippen molar-refractivity contribution < 1.29 is 14.6 Å². The number of hydrogen-bond acceptors (Lipinski definition) is 5. The highest BCUT2D eigenvalue weighted by Gasteiger charge is 2.12. The van der Waals surface area contributed by atoms with Crippen LogP contribution in [0.3, 0.4) is 0 Å². The van der Waals surface area contributed by atoms with Gasteiger partial charge in [-0.05, 0) is 0 Å². The maximum Gasteiger partial charge on any atom is 0.203 e. The molecule has 0 saturated carbocycles. The average Bonchev–Trinajstić information content (AvgIpc) is 2.13. The Kier molecular flexibility index (Phi) is 6.26. The third kappa shape index (κ3) is 5.43. The van der Waals surface area contributed by atoms with Gasteiger partial charge in [-0.3, -0.25) is 5.41 Å². The third-order valence-corrected chi connectivity index (χ3v) is 1.60. The number of hydrogen-bond donors (Lipinski definition) is 2. The summed E-state index contributed by atoms with van der Waals surface area (Å²) in [5.74, 6) is 0.246. The molecule has 5 nitrogen and oxygen atoms in total. The van der Waals surface area contributed by atoms with Crippen LogP contribution < -0.4 is 0 Å². The molecular weight excluding hydrogens is 196 g/mol. The van der Waals surface area contributed by atoms with Crippen molar-refractivity contribution in [3.05, 3.63) is 0 Å². The first-order valence-electron chi connectivity index (χ1n) is 3.65. The van der Waals surface area contributed by atoms with E-state index in [0.717, 1.165) is 0 Å². The minimum atomic E-state index is -0.759. The Balaban J connectivity index is 3.86. The smallest absolute Gasteiger partial charge is 0.203 e. The lowest BCUT2D eigenvalue weighted by molar-refractivity contribution is 0.173. The fourth-order valence-electron chi connectivity index (χ4n) is 0.723. The normalized spacial score (nSPS) is 13.7. The van der Waals surface area contributed by atoms with Gasteiger partial charge in [0.1, 0.15) is 0 Å². The number of ether oxygens (including phenoxy) is 2. The van der Waals surface area contributed by atoms with Crippen LogP contribution in [0.2, 0.25) is 0 Å². The summed E-state index contributed by atoms with van der Waals surface area (Å²) in [7, 11) is 2.79. The zero-order valence-corrected chi connectivity index (χ0v) is 8.34. The Labute approximate surface area is 81.9 Å². The van der Waals surface area contributed by atoms with Crippen LogP contribution in [0.5, 0.6) is 0 Å². The van der Waals surface area contributed by atoms with Crippen molar-refractivity contribution in [1.82, 2.24) is 0 Å². The second kappa shape index (κ2) is 6.68. The minimum absolute atomic E-state index is 0.0116. The van der Waals surface area contributed by atoms with Crippen LogP contribution in [-0.4, -0.2) is 37.2 Å². The zero-order chi connectivity index (χ0) is 10.3. The standard InChI is InChI=1S/C7H13ClN2O3/c1-12-6(9)3-5(11)4-7(10-8)13-2/h5,9,11H,3-4H2,1-2H3. The Hall–Kier alpha value is -0.810. The highest BCUT2D eigenvalue weighted by molar-refractivity contribution is 6.19. The van der Waals surface area contributed by atoms with Gasteiger partial charge in [0.2, 0.25) is 5.90 Å². The summed E-state index contributed by atoms with van der Waals surface area (Å²) >= 11 is 5.15. The topological polar surface area (TPSA) is 74.9 Å². The Morgan fingerprint density at radius 3 is 2.46 bits per heavy atom. The van der Waals surface area contributed by atoms with E-state index >= 15 is 0 Å². The van der Waals surface area contributed by atoms with Crippen LogP contribution in [0.4, 0.5) is 0 Å². The van der Waals surface area contributed by atoms with Gasteiger partial charge < -0.3 is 14.6 Å². The molecule has 0 rings (SSSR count). The van der Waals surface area contributed by atoms with Gasteiger partial charge in [-0.2, -0.15) is 0 Å². The molecule has 13 heavy (non-hydrogen) atoms. The molecular formula is C7H13ClN2O3. The molecule has 0 aromatic rings. The van der Waals surface area contributed by atoms with Gasteiger partial charge in [-0.15, -0.1) is 4.51 Å². The third-order valence-electron chi connectivity index (χ3n) is 1.41. The summed E-state index contributed by atoms with van der Waals surface area (Å²) in [5.41, 5.74) is 0. The first-order valence-corrected chi connectivity index (χ1v) is 3.99. The maximum absolute atomic E-state index is 9.34. The van der Waals surface area contributed by atoms with Gasteiger partial charge in [-0.25, -0.2) is 0 Å². The van der Waals surface area contributed by atoms with Gasteiger partial charge in [0.25, 0.3) is 0 Å². The molecule has 0 radical (unpaired) electrons. The highest BCUT2D eigenvalue weighted by Crippen LogP contribution is 2.03. The van der Waals surface area contributed by atoms with E-state index in [2.05, 4.69) is 9.25 Å². The Morgan fingerprint density at radius 1 is 1.46 bits per heavy atom. The summed E-state index contributed by atoms with van der Waals surface area (Å²) in [6, 6.07) is 0. The van der Waals surface area contributed by atoms with Gasteiger partial charge in [0.05, 0.1) is 26.7 Å². The average molecular weight is 209 g/mol. The lowest BCUT2D eigenvalue weighted by Gasteiger charge is -2.10. The van der Waals surface area contributed by atoms with Crippen LogP contribution in [0.1, 0.15) is 12.8 Å². The second-order valence-electron chi connectivity index (χ2n) is 2.37. The first-order chi connectivity index (χ1) is 6.13. The number of aliphatic hydroxyl groups excluding tert-OH is 1. The minimum Gasteiger partial charge on any atom is -0.484 e. The zero-order valence-electron chi connectivity index (χ0n) is 7.58. The number of halogens is 1. The fraction of sp³-hybridized carbons (Fsp3) is 0.714. The Bertz CT molecular complexity index is 196. The molecule has 0 spiro atoms. The van der Waals surface area contributed by atoms with Crippen molar-refractivity contribution in [3.63, 3.8) is 0 Å². The maximum atomic E-state index is 9.34. The molecule has 0 amide bonds. The van der Waals surface area contributed by atoms with Crippen LogP contribution in [0.25, 0.3) is 0 Å². The number of rotatable bonds is 4. The summed E-state index contributed by atoms with van der Waals surface area (Å²) in [6.45, 7) is 0. The van der Waals surface area contributed by atoms with Crippen LogP contribution in [-0.2, 0) is 9.47 Å². The highest BCUT2D eigenvalue weighted by atomic mass is 35.5. The summed E-state index contributed by atoms with van der Waals surface area (Å²) in [4.78, 5) is 0. The van der Waals surface area contributed by atoms with E-state index in [0.29, 0.717) is 0 Å². The second-order valence-corrected chi connectivity index (χ2v) is 2.54. The van der Waals surface area contributed by atoms with Gasteiger partial charge in [-0.1, -0.05) is 0 Å². The van der Waals surface area contributed by atoms with E-state index in [4.69, 9.17) is 21.9 Å². The Morgan fingerprint density at radius 2 is 2.08 bits per heavy atom. The summed E-state index contributed by atoms with van der Waals surface area (Å²) in [5, 5.41) is 16.5. The number of nitrogens with one attached hydrogen (secondary N) is 1. The van der Waals surface area contributed by atoms with Gasteiger partial charge in [0, 0.05) is 18.2 Å². The van der Waals surface area contributed by atoms with Crippen molar-refractivity contribution in [2.24, 2.45) is 4.51 Å². The molecule has 0 fully saturated rings. The van der Waals surface area contributed by atoms with E-state index in [-0.39, 0.29) is 24.6 Å². The molecule has 0 aliphatic rings. The van der Waals surface area contributed by atoms with Crippen molar-refractivity contribution in [3.8, 4) is 0 Å². The van der Waals surface area contributed by atoms with E-state index < -0.39 is 6.10 Å². The number of aliphatic hydroxyl groups is 1. The molecule has 0 aromatic heterocycles. The fourth-order valence-corrected chi connectivity index (χ4v) is 0.861. The molecule has 1 unspecified atom stereocenters. The lowest BCUT2D eigenvalue weighted by atomic mass is 10.2. The molecule has 0 heterocycles. The van der Waals surface area contributed by atoms with E-state index in [1.807, 2.05) is 0 Å². The largest absolute Gasteiger partial charge is 0.484 e. The lowest BCUT2D eigenvalue weighted by Crippen LogP contribution is -2.18. The molecule has 0 saturated heterocycles. The molecule has 1 atom stereocenters. The van der Waals surface area contributed by atoms with Gasteiger partial charge >= 0.3 is 0 Å². The van der Waals surface area contributed by atoms with E-state index in [9.17, 15) is 5.11 Å². The molecule has 0 aromatic carbocycles. The monoisotopic (exact) mass is 208 g/mol.